The van der Waals surface area contributed by atoms with E-state index in [0.29, 0.717) is 0 Å². The van der Waals surface area contributed by atoms with Gasteiger partial charge in [0.15, 0.2) is 5.75 Å². The number of nitrogens with zero attached hydrogens (tertiary/aromatic N) is 1. The summed E-state index contributed by atoms with van der Waals surface area (Å²) in [5.41, 5.74) is 11.1. The maximum Gasteiger partial charge on any atom is 0.151 e. The van der Waals surface area contributed by atoms with Crippen LogP contribution in [-0.2, 0) is 0 Å². The number of rotatable bonds is 2. The van der Waals surface area contributed by atoms with Crippen LogP contribution in [0.2, 0.25) is 0 Å². The van der Waals surface area contributed by atoms with Crippen molar-refractivity contribution in [1.82, 2.24) is 4.57 Å². The summed E-state index contributed by atoms with van der Waals surface area (Å²) in [5, 5.41) is 1.28. The lowest BCUT2D eigenvalue weighted by Crippen LogP contribution is -2.14. The van der Waals surface area contributed by atoms with Gasteiger partial charge in [-0.1, -0.05) is 103 Å². The zero-order valence-corrected chi connectivity index (χ0v) is 20.8. The fraction of sp³-hybridized carbons (Fsp3) is 0.0556. The molecular weight excluding hydrogens is 462 g/mol. The van der Waals surface area contributed by atoms with Crippen LogP contribution in [-0.4, -0.2) is 4.57 Å². The number of para-hydroxylation sites is 3. The maximum absolute atomic E-state index is 6.55. The van der Waals surface area contributed by atoms with Crippen molar-refractivity contribution in [3.63, 3.8) is 0 Å². The number of allylic oxidation sites excluding steroid dienone is 1. The quantitative estimate of drug-likeness (QED) is 0.237. The zero-order valence-electron chi connectivity index (χ0n) is 20.8. The van der Waals surface area contributed by atoms with Gasteiger partial charge in [0.1, 0.15) is 5.75 Å². The third-order valence-corrected chi connectivity index (χ3v) is 7.98. The van der Waals surface area contributed by atoms with Crippen LogP contribution in [0.5, 0.6) is 11.5 Å². The summed E-state index contributed by atoms with van der Waals surface area (Å²) in [6.07, 6.45) is 5.60. The molecular formula is C36H25NO. The van der Waals surface area contributed by atoms with E-state index in [2.05, 4.69) is 138 Å². The fourth-order valence-corrected chi connectivity index (χ4v) is 6.19. The lowest BCUT2D eigenvalue weighted by molar-refractivity contribution is 0.463. The van der Waals surface area contributed by atoms with Gasteiger partial charge in [-0.05, 0) is 59.0 Å². The van der Waals surface area contributed by atoms with Crippen molar-refractivity contribution in [2.24, 2.45) is 0 Å². The number of fused-ring (bicyclic) bond motifs is 7. The van der Waals surface area contributed by atoms with Crippen molar-refractivity contribution in [2.75, 3.05) is 0 Å². The van der Waals surface area contributed by atoms with Crippen molar-refractivity contribution in [2.45, 2.75) is 12.3 Å². The Morgan fingerprint density at radius 3 is 2.11 bits per heavy atom. The third-order valence-electron chi connectivity index (χ3n) is 7.98. The first kappa shape index (κ1) is 21.3. The second kappa shape index (κ2) is 8.36. The van der Waals surface area contributed by atoms with Gasteiger partial charge < -0.3 is 9.30 Å². The van der Waals surface area contributed by atoms with Gasteiger partial charge in [-0.3, -0.25) is 0 Å². The third kappa shape index (κ3) is 3.20. The fourth-order valence-electron chi connectivity index (χ4n) is 6.19. The Hall–Kier alpha value is -4.82. The SMILES string of the molecule is C1=Cc2c3n(c4ccc(-c5ccc(-c6ccccc6)cc5)cc24)-c2ccccc2Oc2ccccc2C3C1. The first-order chi connectivity index (χ1) is 18.8. The Morgan fingerprint density at radius 2 is 1.26 bits per heavy atom. The molecule has 1 aliphatic carbocycles. The molecule has 0 bridgehead atoms. The van der Waals surface area contributed by atoms with E-state index in [4.69, 9.17) is 4.74 Å². The number of ether oxygens (including phenoxy) is 1. The Labute approximate surface area is 222 Å². The molecule has 2 nitrogen and oxygen atoms in total. The molecule has 2 heteroatoms. The molecule has 180 valence electrons. The highest BCUT2D eigenvalue weighted by molar-refractivity contribution is 5.97. The molecule has 2 heterocycles. The molecule has 0 radical (unpaired) electrons. The molecule has 0 spiro atoms. The van der Waals surface area contributed by atoms with Gasteiger partial charge in [-0.25, -0.2) is 0 Å². The maximum atomic E-state index is 6.55. The second-order valence-electron chi connectivity index (χ2n) is 10.1. The van der Waals surface area contributed by atoms with E-state index in [0.717, 1.165) is 23.6 Å². The van der Waals surface area contributed by atoms with Gasteiger partial charge in [0, 0.05) is 28.1 Å². The molecule has 0 N–H and O–H groups in total. The Kier molecular flexibility index (Phi) is 4.68. The molecule has 1 aromatic heterocycles. The predicted molar refractivity (Wildman–Crippen MR) is 156 cm³/mol. The van der Waals surface area contributed by atoms with Gasteiger partial charge in [-0.15, -0.1) is 0 Å². The van der Waals surface area contributed by atoms with E-state index in [1.165, 1.54) is 50.0 Å². The molecule has 1 aliphatic heterocycles. The van der Waals surface area contributed by atoms with Crippen molar-refractivity contribution >= 4 is 17.0 Å². The lowest BCUT2D eigenvalue weighted by atomic mass is 9.85. The summed E-state index contributed by atoms with van der Waals surface area (Å²) in [6, 6.07) is 43.3. The Morgan fingerprint density at radius 1 is 0.605 bits per heavy atom. The molecule has 0 saturated carbocycles. The van der Waals surface area contributed by atoms with Crippen molar-refractivity contribution in [3.05, 3.63) is 144 Å². The molecule has 1 unspecified atom stereocenters. The van der Waals surface area contributed by atoms with Crippen LogP contribution in [0.3, 0.4) is 0 Å². The lowest BCUT2D eigenvalue weighted by Gasteiger charge is -2.28. The van der Waals surface area contributed by atoms with Crippen molar-refractivity contribution < 1.29 is 4.74 Å². The van der Waals surface area contributed by atoms with E-state index in [-0.39, 0.29) is 5.92 Å². The van der Waals surface area contributed by atoms with Gasteiger partial charge in [-0.2, -0.15) is 0 Å². The monoisotopic (exact) mass is 487 g/mol. The number of benzene rings is 5. The average molecular weight is 488 g/mol. The minimum absolute atomic E-state index is 0.237. The molecule has 0 saturated heterocycles. The molecule has 1 atom stereocenters. The van der Waals surface area contributed by atoms with Crippen LogP contribution < -0.4 is 4.74 Å². The van der Waals surface area contributed by atoms with Gasteiger partial charge >= 0.3 is 0 Å². The van der Waals surface area contributed by atoms with Crippen molar-refractivity contribution in [3.8, 4) is 39.4 Å². The highest BCUT2D eigenvalue weighted by Crippen LogP contribution is 2.49. The number of aromatic nitrogens is 1. The highest BCUT2D eigenvalue weighted by Gasteiger charge is 2.31. The number of hydrogen-bond acceptors (Lipinski definition) is 1. The standard InChI is InChI=1S/C36H25NO/c1-2-9-24(10-3-1)25-17-19-26(20-18-25)27-21-22-32-31(23-27)30-13-8-12-29-28-11-4-6-15-34(28)38-35-16-7-5-14-33(35)37(32)36(29)30/h1-11,13-23,29H,12H2. The molecule has 38 heavy (non-hydrogen) atoms. The van der Waals surface area contributed by atoms with E-state index < -0.39 is 0 Å². The van der Waals surface area contributed by atoms with E-state index in [9.17, 15) is 0 Å². The normalized spacial score (nSPS) is 15.1. The van der Waals surface area contributed by atoms with E-state index in [1.807, 2.05) is 0 Å². The minimum atomic E-state index is 0.237. The topological polar surface area (TPSA) is 14.2 Å². The average Bonchev–Trinajstić information content (AvgIpc) is 3.31. The van der Waals surface area contributed by atoms with Crippen LogP contribution in [0.4, 0.5) is 0 Å². The summed E-state index contributed by atoms with van der Waals surface area (Å²) >= 11 is 0. The molecule has 6 aromatic rings. The smallest absolute Gasteiger partial charge is 0.151 e. The molecule has 2 aliphatic rings. The largest absolute Gasteiger partial charge is 0.455 e. The first-order valence-corrected chi connectivity index (χ1v) is 13.2. The van der Waals surface area contributed by atoms with Gasteiger partial charge in [0.05, 0.1) is 11.2 Å². The summed E-state index contributed by atoms with van der Waals surface area (Å²) in [5.74, 6) is 2.07. The van der Waals surface area contributed by atoms with Crippen LogP contribution >= 0.6 is 0 Å². The zero-order chi connectivity index (χ0) is 25.1. The van der Waals surface area contributed by atoms with Gasteiger partial charge in [0.2, 0.25) is 0 Å². The summed E-state index contributed by atoms with van der Waals surface area (Å²) < 4.78 is 8.99. The Bertz CT molecular complexity index is 1860. The summed E-state index contributed by atoms with van der Waals surface area (Å²) in [6.45, 7) is 0. The highest BCUT2D eigenvalue weighted by atomic mass is 16.5. The van der Waals surface area contributed by atoms with Crippen LogP contribution in [0.1, 0.15) is 29.2 Å². The molecule has 0 amide bonds. The van der Waals surface area contributed by atoms with E-state index >= 15 is 0 Å². The van der Waals surface area contributed by atoms with Gasteiger partial charge in [0.25, 0.3) is 0 Å². The van der Waals surface area contributed by atoms with Crippen LogP contribution in [0, 0.1) is 0 Å². The Balaban J connectivity index is 1.34. The predicted octanol–water partition coefficient (Wildman–Crippen LogP) is 9.62. The number of hydrogen-bond donors (Lipinski definition) is 0. The summed E-state index contributed by atoms with van der Waals surface area (Å²) in [7, 11) is 0. The molecule has 8 rings (SSSR count). The van der Waals surface area contributed by atoms with E-state index in [1.54, 1.807) is 0 Å². The molecule has 5 aromatic carbocycles. The van der Waals surface area contributed by atoms with Crippen LogP contribution in [0.25, 0.3) is 44.9 Å². The van der Waals surface area contributed by atoms with Crippen LogP contribution in [0.15, 0.2) is 127 Å². The molecule has 0 fully saturated rings. The second-order valence-corrected chi connectivity index (χ2v) is 10.1. The minimum Gasteiger partial charge on any atom is -0.455 e. The summed E-state index contributed by atoms with van der Waals surface area (Å²) in [4.78, 5) is 0. The first-order valence-electron chi connectivity index (χ1n) is 13.2. The van der Waals surface area contributed by atoms with Crippen molar-refractivity contribution in [1.29, 1.82) is 0 Å².